The molecule has 4 N–H and O–H groups in total. The maximum Gasteiger partial charge on any atom is 0.303 e. The van der Waals surface area contributed by atoms with E-state index in [4.69, 9.17) is 14.6 Å². The number of anilines is 1. The molecule has 2 aromatic rings. The van der Waals surface area contributed by atoms with E-state index in [0.717, 1.165) is 28.2 Å². The Morgan fingerprint density at radius 3 is 2.20 bits per heavy atom. The first kappa shape index (κ1) is 49.6. The molecule has 0 aliphatic carbocycles. The average Bonchev–Trinajstić information content (AvgIpc) is 3.54. The van der Waals surface area contributed by atoms with Crippen molar-refractivity contribution in [3.8, 4) is 0 Å². The zero-order valence-corrected chi connectivity index (χ0v) is 38.0. The minimum absolute atomic E-state index is 0.0266. The Balaban J connectivity index is 1.70. The van der Waals surface area contributed by atoms with E-state index in [2.05, 4.69) is 28.7 Å². The Bertz CT molecular complexity index is 2390. The smallest absolute Gasteiger partial charge is 0.303 e. The first-order valence-electron chi connectivity index (χ1n) is 20.2. The molecule has 0 fully saturated rings. The van der Waals surface area contributed by atoms with E-state index < -0.39 is 52.8 Å². The van der Waals surface area contributed by atoms with Gasteiger partial charge in [0.2, 0.25) is 15.7 Å². The zero-order valence-electron chi connectivity index (χ0n) is 35.5. The highest BCUT2D eigenvalue weighted by Gasteiger charge is 2.48. The second-order valence-corrected chi connectivity index (χ2v) is 20.7. The molecule has 0 spiro atoms. The summed E-state index contributed by atoms with van der Waals surface area (Å²) in [6.45, 7) is 7.81. The van der Waals surface area contributed by atoms with Gasteiger partial charge in [0.15, 0.2) is 5.71 Å². The van der Waals surface area contributed by atoms with Gasteiger partial charge in [-0.3, -0.25) is 13.9 Å². The first-order valence-corrected chi connectivity index (χ1v) is 24.9. The number of benzene rings is 2. The van der Waals surface area contributed by atoms with Crippen molar-refractivity contribution in [2.24, 2.45) is 0 Å². The average molecular weight is 907 g/mol. The van der Waals surface area contributed by atoms with E-state index in [0.29, 0.717) is 56.6 Å². The second kappa shape index (κ2) is 21.4. The van der Waals surface area contributed by atoms with Crippen LogP contribution < -0.4 is 9.62 Å². The molecule has 18 heteroatoms. The number of ether oxygens (including phenoxy) is 2. The lowest BCUT2D eigenvalue weighted by Gasteiger charge is -2.30. The van der Waals surface area contributed by atoms with Crippen LogP contribution in [0.4, 0.5) is 11.4 Å². The summed E-state index contributed by atoms with van der Waals surface area (Å²) < 4.78 is 108. The number of rotatable bonds is 25. The van der Waals surface area contributed by atoms with Crippen molar-refractivity contribution in [2.45, 2.75) is 81.4 Å². The van der Waals surface area contributed by atoms with Crippen LogP contribution in [-0.2, 0) is 55.4 Å². The topological polar surface area (TPSA) is 217 Å². The molecular weight excluding hydrogens is 847 g/mol. The molecule has 0 amide bonds. The molecule has 0 saturated carbocycles. The number of carbonyl (C=O) groups is 1. The second-order valence-electron chi connectivity index (χ2n) is 15.8. The summed E-state index contributed by atoms with van der Waals surface area (Å²) in [5.74, 6) is -1.49. The Hall–Kier alpha value is -4.01. The molecule has 4 rings (SSSR count). The Labute approximate surface area is 361 Å². The summed E-state index contributed by atoms with van der Waals surface area (Å²) in [5, 5.41) is 9.12. The third kappa shape index (κ3) is 13.2. The summed E-state index contributed by atoms with van der Waals surface area (Å²) >= 11 is 0. The number of allylic oxidation sites excluding steroid dienone is 8. The van der Waals surface area contributed by atoms with Crippen LogP contribution in [0.1, 0.15) is 75.5 Å². The monoisotopic (exact) mass is 906 g/mol. The molecule has 2 aromatic carbocycles. The first-order chi connectivity index (χ1) is 28.7. The van der Waals surface area contributed by atoms with Crippen molar-refractivity contribution in [2.75, 3.05) is 63.5 Å². The number of aliphatic carboxylic acids is 1. The van der Waals surface area contributed by atoms with Gasteiger partial charge in [-0.2, -0.15) is 21.4 Å². The molecule has 15 nitrogen and oxygen atoms in total. The summed E-state index contributed by atoms with van der Waals surface area (Å²) in [7, 11) is -9.31. The molecule has 0 aromatic heterocycles. The van der Waals surface area contributed by atoms with E-state index in [9.17, 15) is 39.2 Å². The Morgan fingerprint density at radius 2 is 1.52 bits per heavy atom. The number of methoxy groups -OCH3 is 2. The van der Waals surface area contributed by atoms with Gasteiger partial charge in [-0.05, 0) is 82.7 Å². The highest BCUT2D eigenvalue weighted by atomic mass is 32.2. The highest BCUT2D eigenvalue weighted by molar-refractivity contribution is 7.89. The highest BCUT2D eigenvalue weighted by Crippen LogP contribution is 2.50. The number of carboxylic acids is 1. The molecular formula is C43H60N3O12S3+. The van der Waals surface area contributed by atoms with Gasteiger partial charge in [0, 0.05) is 74.7 Å². The number of aryl methyl sites for hydroxylation is 1. The van der Waals surface area contributed by atoms with Gasteiger partial charge >= 0.3 is 5.97 Å². The van der Waals surface area contributed by atoms with Crippen molar-refractivity contribution < 1.29 is 58.3 Å². The van der Waals surface area contributed by atoms with Crippen molar-refractivity contribution in [3.63, 3.8) is 0 Å². The lowest BCUT2D eigenvalue weighted by molar-refractivity contribution is -0.438. The fourth-order valence-corrected chi connectivity index (χ4v) is 10.3. The minimum atomic E-state index is -4.57. The van der Waals surface area contributed by atoms with Crippen LogP contribution >= 0.6 is 0 Å². The lowest BCUT2D eigenvalue weighted by atomic mass is 9.76. The summed E-state index contributed by atoms with van der Waals surface area (Å²) in [6.07, 6.45) is 15.3. The van der Waals surface area contributed by atoms with Gasteiger partial charge in [-0.15, -0.1) is 0 Å². The number of nitrogens with zero attached hydrogens (tertiary/aromatic N) is 2. The van der Waals surface area contributed by atoms with Crippen LogP contribution in [0, 0.1) is 6.92 Å². The maximum absolute atomic E-state index is 13.0. The van der Waals surface area contributed by atoms with Crippen LogP contribution in [0.5, 0.6) is 0 Å². The number of fused-ring (bicyclic) bond motifs is 2. The van der Waals surface area contributed by atoms with Gasteiger partial charge in [-0.1, -0.05) is 48.1 Å². The lowest BCUT2D eigenvalue weighted by Crippen LogP contribution is -2.35. The van der Waals surface area contributed by atoms with Crippen molar-refractivity contribution >= 4 is 53.3 Å². The van der Waals surface area contributed by atoms with Crippen LogP contribution in [0.15, 0.2) is 89.5 Å². The number of hydrogen-bond donors (Lipinski definition) is 4. The summed E-state index contributed by atoms with van der Waals surface area (Å²) in [5.41, 5.74) is 4.35. The van der Waals surface area contributed by atoms with Crippen LogP contribution in [0.3, 0.4) is 0 Å². The van der Waals surface area contributed by atoms with Crippen LogP contribution in [-0.4, -0.2) is 114 Å². The van der Waals surface area contributed by atoms with Crippen LogP contribution in [0.2, 0.25) is 0 Å². The standard InChI is InChI=1S/C43H59N3O12S3/c1-33-18-20-37-35(31-33)43(3,23-30-59(49,50)44-24-27-57-4)40(46(37)26-28-58-5)16-11-8-6-7-10-15-39-42(2,22-14-29-60(51,52)53)36-32-34(61(54,55)56)19-21-38(36)45(39)25-13-9-12-17-41(47)48/h6-8,10-11,15-16,18-21,31-32,44H,9,12-14,17,22-30H2,1-5H3,(H2-,47,48,51,52,53,54,55,56)/p+1. The molecule has 2 heterocycles. The van der Waals surface area contributed by atoms with Gasteiger partial charge < -0.3 is 19.5 Å². The molecule has 0 radical (unpaired) electrons. The number of unbranched alkanes of at least 4 members (excludes halogenated alkanes) is 2. The van der Waals surface area contributed by atoms with Crippen molar-refractivity contribution in [3.05, 3.63) is 101 Å². The Kier molecular flexibility index (Phi) is 17.4. The third-order valence-corrected chi connectivity index (χ3v) is 14.3. The molecule has 2 aliphatic rings. The zero-order chi connectivity index (χ0) is 45.1. The SMILES string of the molecule is COCCNS(=O)(=O)CCC1(C)\C(=C/C=C/C=C/C=C/C2=[N+](CCCCCC(=O)O)c3ccc(S(=O)(=O)O)cc3C2(C)CCCS(=O)(=O)O)N(CCOC)c2ccc(C)cc21. The van der Waals surface area contributed by atoms with Crippen molar-refractivity contribution in [1.82, 2.24) is 4.72 Å². The quantitative estimate of drug-likeness (QED) is 0.0399. The third-order valence-electron chi connectivity index (χ3n) is 11.2. The number of nitrogens with one attached hydrogen (secondary N) is 1. The van der Waals surface area contributed by atoms with Crippen molar-refractivity contribution in [1.29, 1.82) is 0 Å². The largest absolute Gasteiger partial charge is 0.481 e. The molecule has 0 bridgehead atoms. The summed E-state index contributed by atoms with van der Waals surface area (Å²) in [6, 6.07) is 10.5. The van der Waals surface area contributed by atoms with E-state index in [1.807, 2.05) is 67.0 Å². The van der Waals surface area contributed by atoms with E-state index >= 15 is 0 Å². The number of sulfonamides is 1. The van der Waals surface area contributed by atoms with E-state index in [1.54, 1.807) is 13.2 Å². The fourth-order valence-electron chi connectivity index (χ4n) is 8.08. The molecule has 0 saturated heterocycles. The molecule has 2 aliphatic heterocycles. The predicted octanol–water partition coefficient (Wildman–Crippen LogP) is 5.84. The molecule has 61 heavy (non-hydrogen) atoms. The van der Waals surface area contributed by atoms with Gasteiger partial charge in [0.1, 0.15) is 6.54 Å². The number of carboxylic acid groups (broad SMARTS) is 1. The molecule has 2 atom stereocenters. The van der Waals surface area contributed by atoms with Crippen LogP contribution in [0.25, 0.3) is 0 Å². The van der Waals surface area contributed by atoms with Gasteiger partial charge in [0.05, 0.1) is 35.0 Å². The van der Waals surface area contributed by atoms with E-state index in [1.165, 1.54) is 19.2 Å². The molecule has 2 unspecified atom stereocenters. The van der Waals surface area contributed by atoms with Gasteiger partial charge in [0.25, 0.3) is 20.2 Å². The normalized spacial score (nSPS) is 20.2. The fraction of sp³-hybridized carbons (Fsp3) is 0.488. The maximum atomic E-state index is 13.0. The Morgan fingerprint density at radius 1 is 0.820 bits per heavy atom. The number of hydrogen-bond acceptors (Lipinski definition) is 10. The predicted molar refractivity (Wildman–Crippen MR) is 237 cm³/mol. The summed E-state index contributed by atoms with van der Waals surface area (Å²) in [4.78, 5) is 13.0. The minimum Gasteiger partial charge on any atom is -0.481 e. The van der Waals surface area contributed by atoms with Gasteiger partial charge in [-0.25, -0.2) is 13.1 Å². The molecule has 336 valence electrons. The van der Waals surface area contributed by atoms with E-state index in [-0.39, 0.29) is 43.1 Å².